The molecule has 1 aromatic heterocycles. The number of fused-ring (bicyclic) bond motifs is 1. The Hall–Kier alpha value is -2.05. The zero-order valence-corrected chi connectivity index (χ0v) is 9.96. The summed E-state index contributed by atoms with van der Waals surface area (Å²) < 4.78 is 1.78. The van der Waals surface area contributed by atoms with Gasteiger partial charge in [-0.1, -0.05) is 18.2 Å². The molecule has 1 aromatic carbocycles. The highest BCUT2D eigenvalue weighted by atomic mass is 16.6. The molecule has 96 valence electrons. The molecule has 18 heavy (non-hydrogen) atoms. The van der Waals surface area contributed by atoms with Crippen molar-refractivity contribution in [2.24, 2.45) is 18.7 Å². The maximum absolute atomic E-state index is 10.8. The molecule has 0 aliphatic heterocycles. The van der Waals surface area contributed by atoms with Crippen molar-refractivity contribution in [1.82, 2.24) is 4.57 Å². The Labute approximate surface area is 104 Å². The molecule has 0 bridgehead atoms. The van der Waals surface area contributed by atoms with Gasteiger partial charge in [-0.2, -0.15) is 5.90 Å². The third-order valence-electron chi connectivity index (χ3n) is 3.01. The highest BCUT2D eigenvalue weighted by Gasteiger charge is 2.21. The van der Waals surface area contributed by atoms with E-state index >= 15 is 0 Å². The van der Waals surface area contributed by atoms with Gasteiger partial charge in [-0.3, -0.25) is 4.79 Å². The Bertz CT molecular complexity index is 592. The van der Waals surface area contributed by atoms with Crippen LogP contribution in [0.3, 0.4) is 0 Å². The molecule has 2 rings (SSSR count). The van der Waals surface area contributed by atoms with E-state index in [0.29, 0.717) is 11.4 Å². The second-order valence-corrected chi connectivity index (χ2v) is 4.13. The van der Waals surface area contributed by atoms with Crippen molar-refractivity contribution in [1.29, 1.82) is 0 Å². The van der Waals surface area contributed by atoms with Gasteiger partial charge in [0.05, 0.1) is 5.52 Å². The van der Waals surface area contributed by atoms with Gasteiger partial charge in [0.1, 0.15) is 6.04 Å². The summed E-state index contributed by atoms with van der Waals surface area (Å²) in [6.45, 7) is 0. The number of hydrogen-bond donors (Lipinski definition) is 3. The topological polar surface area (TPSA) is 104 Å². The second kappa shape index (κ2) is 4.67. The number of nitrogens with zero attached hydrogens (tertiary/aromatic N) is 1. The highest BCUT2D eigenvalue weighted by molar-refractivity contribution is 5.87. The van der Waals surface area contributed by atoms with Gasteiger partial charge >= 0.3 is 5.97 Å². The standard InChI is InChI=1S/C12H15N3O3/c1-15-10-5-3-2-4-7(10)8(11(15)18-14)6-9(13)12(16)17/h2-5,9H,6,13-14H2,1H3,(H,16,17). The number of carboxylic acid groups (broad SMARTS) is 1. The first-order valence-electron chi connectivity index (χ1n) is 5.47. The fourth-order valence-corrected chi connectivity index (χ4v) is 2.10. The van der Waals surface area contributed by atoms with Crippen LogP contribution in [0.1, 0.15) is 5.56 Å². The van der Waals surface area contributed by atoms with Crippen molar-refractivity contribution in [3.05, 3.63) is 29.8 Å². The molecule has 0 amide bonds. The molecule has 2 aromatic rings. The molecule has 1 heterocycles. The summed E-state index contributed by atoms with van der Waals surface area (Å²) in [5, 5.41) is 9.78. The first-order chi connectivity index (χ1) is 8.56. The number of aryl methyl sites for hydroxylation is 1. The SMILES string of the molecule is Cn1c(ON)c(CC(N)C(=O)O)c2ccccc21. The van der Waals surface area contributed by atoms with Gasteiger partial charge < -0.3 is 20.2 Å². The molecule has 1 unspecified atom stereocenters. The van der Waals surface area contributed by atoms with Crippen LogP contribution in [-0.4, -0.2) is 21.7 Å². The summed E-state index contributed by atoms with van der Waals surface area (Å²) in [4.78, 5) is 15.7. The van der Waals surface area contributed by atoms with Crippen molar-refractivity contribution in [2.45, 2.75) is 12.5 Å². The molecule has 0 aliphatic carbocycles. The van der Waals surface area contributed by atoms with Crippen LogP contribution < -0.4 is 16.5 Å². The number of nitrogens with two attached hydrogens (primary N) is 2. The zero-order valence-electron chi connectivity index (χ0n) is 9.96. The molecule has 6 heteroatoms. The summed E-state index contributed by atoms with van der Waals surface area (Å²) in [6, 6.07) is 6.59. The van der Waals surface area contributed by atoms with Crippen LogP contribution in [0.4, 0.5) is 0 Å². The average molecular weight is 249 g/mol. The van der Waals surface area contributed by atoms with Crippen LogP contribution in [0.25, 0.3) is 10.9 Å². The highest BCUT2D eigenvalue weighted by Crippen LogP contribution is 2.31. The molecule has 0 fully saturated rings. The Kier molecular flexibility index (Phi) is 3.22. The number of benzene rings is 1. The zero-order chi connectivity index (χ0) is 13.3. The van der Waals surface area contributed by atoms with E-state index in [0.717, 1.165) is 10.9 Å². The van der Waals surface area contributed by atoms with Gasteiger partial charge in [-0.05, 0) is 6.07 Å². The van der Waals surface area contributed by atoms with E-state index in [9.17, 15) is 4.79 Å². The number of para-hydroxylation sites is 1. The molecular weight excluding hydrogens is 234 g/mol. The largest absolute Gasteiger partial charge is 0.480 e. The predicted octanol–water partition coefficient (Wildman–Crippen LogP) is 0.385. The van der Waals surface area contributed by atoms with Gasteiger partial charge in [0.15, 0.2) is 0 Å². The van der Waals surface area contributed by atoms with Crippen LogP contribution in [0, 0.1) is 0 Å². The van der Waals surface area contributed by atoms with E-state index in [4.69, 9.17) is 21.6 Å². The van der Waals surface area contributed by atoms with Crippen LogP contribution >= 0.6 is 0 Å². The van der Waals surface area contributed by atoms with Crippen LogP contribution in [-0.2, 0) is 18.3 Å². The van der Waals surface area contributed by atoms with Crippen molar-refractivity contribution >= 4 is 16.9 Å². The second-order valence-electron chi connectivity index (χ2n) is 4.13. The number of hydrogen-bond acceptors (Lipinski definition) is 4. The molecule has 6 nitrogen and oxygen atoms in total. The van der Waals surface area contributed by atoms with Crippen LogP contribution in [0.15, 0.2) is 24.3 Å². The number of rotatable bonds is 4. The van der Waals surface area contributed by atoms with E-state index in [1.165, 1.54) is 0 Å². The first-order valence-corrected chi connectivity index (χ1v) is 5.47. The number of carboxylic acids is 1. The average Bonchev–Trinajstić information content (AvgIpc) is 2.63. The summed E-state index contributed by atoms with van der Waals surface area (Å²) in [6.07, 6.45) is 0.170. The minimum atomic E-state index is -1.05. The quantitative estimate of drug-likeness (QED) is 0.680. The molecule has 0 saturated carbocycles. The molecule has 1 atom stereocenters. The lowest BCUT2D eigenvalue weighted by Gasteiger charge is -2.08. The molecule has 0 radical (unpaired) electrons. The first kappa shape index (κ1) is 12.4. The summed E-state index contributed by atoms with van der Waals surface area (Å²) in [5.74, 6) is 4.65. The lowest BCUT2D eigenvalue weighted by atomic mass is 10.1. The monoisotopic (exact) mass is 249 g/mol. The third kappa shape index (κ3) is 1.92. The Balaban J connectivity index is 2.57. The van der Waals surface area contributed by atoms with Crippen LogP contribution in [0.5, 0.6) is 5.88 Å². The van der Waals surface area contributed by atoms with Crippen molar-refractivity contribution in [2.75, 3.05) is 0 Å². The van der Waals surface area contributed by atoms with Crippen molar-refractivity contribution < 1.29 is 14.7 Å². The summed E-state index contributed by atoms with van der Waals surface area (Å²) >= 11 is 0. The number of aliphatic carboxylic acids is 1. The van der Waals surface area contributed by atoms with Gasteiger partial charge in [0.2, 0.25) is 5.88 Å². The van der Waals surface area contributed by atoms with E-state index in [-0.39, 0.29) is 6.42 Å². The molecule has 5 N–H and O–H groups in total. The molecule has 0 saturated heterocycles. The van der Waals surface area contributed by atoms with E-state index < -0.39 is 12.0 Å². The van der Waals surface area contributed by atoms with Crippen molar-refractivity contribution in [3.8, 4) is 5.88 Å². The Morgan fingerprint density at radius 3 is 2.78 bits per heavy atom. The maximum Gasteiger partial charge on any atom is 0.320 e. The minimum Gasteiger partial charge on any atom is -0.480 e. The van der Waals surface area contributed by atoms with E-state index in [2.05, 4.69) is 0 Å². The summed E-state index contributed by atoms with van der Waals surface area (Å²) in [5.41, 5.74) is 7.20. The normalized spacial score (nSPS) is 12.6. The van der Waals surface area contributed by atoms with Gasteiger partial charge in [-0.25, -0.2) is 0 Å². The third-order valence-corrected chi connectivity index (χ3v) is 3.01. The Morgan fingerprint density at radius 1 is 1.50 bits per heavy atom. The smallest absolute Gasteiger partial charge is 0.320 e. The van der Waals surface area contributed by atoms with E-state index in [1.54, 1.807) is 11.6 Å². The fraction of sp³-hybridized carbons (Fsp3) is 0.250. The number of aromatic nitrogens is 1. The minimum absolute atomic E-state index is 0.170. The molecule has 0 aliphatic rings. The lowest BCUT2D eigenvalue weighted by molar-refractivity contribution is -0.138. The Morgan fingerprint density at radius 2 is 2.17 bits per heavy atom. The lowest BCUT2D eigenvalue weighted by Crippen LogP contribution is -2.32. The predicted molar refractivity (Wildman–Crippen MR) is 67.0 cm³/mol. The fourth-order valence-electron chi connectivity index (χ4n) is 2.10. The molecular formula is C12H15N3O3. The maximum atomic E-state index is 10.8. The van der Waals surface area contributed by atoms with Gasteiger partial charge in [-0.15, -0.1) is 0 Å². The van der Waals surface area contributed by atoms with E-state index in [1.807, 2.05) is 24.3 Å². The summed E-state index contributed by atoms with van der Waals surface area (Å²) in [7, 11) is 1.81. The molecule has 0 spiro atoms. The van der Waals surface area contributed by atoms with Crippen LogP contribution in [0.2, 0.25) is 0 Å². The van der Waals surface area contributed by atoms with Crippen molar-refractivity contribution in [3.63, 3.8) is 0 Å². The van der Waals surface area contributed by atoms with Gasteiger partial charge in [0, 0.05) is 24.4 Å². The number of carbonyl (C=O) groups is 1. The van der Waals surface area contributed by atoms with Gasteiger partial charge in [0.25, 0.3) is 0 Å².